The molecule has 0 aromatic heterocycles. The first-order chi connectivity index (χ1) is 22.1. The Morgan fingerprint density at radius 2 is 0.933 bits per heavy atom. The van der Waals surface area contributed by atoms with Crippen LogP contribution in [0.2, 0.25) is 0 Å². The lowest BCUT2D eigenvalue weighted by atomic mass is 10.0. The van der Waals surface area contributed by atoms with E-state index >= 15 is 0 Å². The van der Waals surface area contributed by atoms with Gasteiger partial charge in [0.25, 0.3) is 0 Å². The van der Waals surface area contributed by atoms with Gasteiger partial charge in [0.1, 0.15) is 6.10 Å². The summed E-state index contributed by atoms with van der Waals surface area (Å²) in [6.07, 6.45) is 31.1. The van der Waals surface area contributed by atoms with E-state index in [4.69, 9.17) is 9.47 Å². The Kier molecular flexibility index (Phi) is 34.8. The van der Waals surface area contributed by atoms with Crippen LogP contribution in [0.4, 0.5) is 0 Å². The van der Waals surface area contributed by atoms with Gasteiger partial charge in [-0.2, -0.15) is 0 Å². The van der Waals surface area contributed by atoms with Crippen LogP contribution >= 0.6 is 0 Å². The molecule has 0 aliphatic rings. The maximum atomic E-state index is 12.5. The highest BCUT2D eigenvalue weighted by Gasteiger charge is 2.14. The molecule has 0 amide bonds. The van der Waals surface area contributed by atoms with Crippen molar-refractivity contribution in [1.82, 2.24) is 4.90 Å². The number of rotatable bonds is 36. The van der Waals surface area contributed by atoms with E-state index in [9.17, 15) is 14.7 Å². The van der Waals surface area contributed by atoms with Crippen LogP contribution in [0.15, 0.2) is 0 Å². The SMILES string of the molecule is CCCCCCCCCCOC(=O)CCCCCN(CCCO)CCCCCCCC(=O)OC(CCCCC)CCCCCC. The molecule has 0 bridgehead atoms. The van der Waals surface area contributed by atoms with Crippen LogP contribution in [0, 0.1) is 0 Å². The first-order valence-corrected chi connectivity index (χ1v) is 19.8. The summed E-state index contributed by atoms with van der Waals surface area (Å²) in [6.45, 7) is 10.5. The lowest BCUT2D eigenvalue weighted by molar-refractivity contribution is -0.150. The molecule has 0 fully saturated rings. The summed E-state index contributed by atoms with van der Waals surface area (Å²) >= 11 is 0. The highest BCUT2D eigenvalue weighted by atomic mass is 16.5. The van der Waals surface area contributed by atoms with Gasteiger partial charge in [0, 0.05) is 26.0 Å². The predicted octanol–water partition coefficient (Wildman–Crippen LogP) is 10.7. The highest BCUT2D eigenvalue weighted by Crippen LogP contribution is 2.17. The minimum Gasteiger partial charge on any atom is -0.466 e. The van der Waals surface area contributed by atoms with Crippen molar-refractivity contribution in [1.29, 1.82) is 0 Å². The fraction of sp³-hybridized carbons (Fsp3) is 0.949. The highest BCUT2D eigenvalue weighted by molar-refractivity contribution is 5.69. The Hall–Kier alpha value is -1.14. The minimum absolute atomic E-state index is 0.000992. The molecule has 0 rings (SSSR count). The molecular formula is C39H77NO5. The first-order valence-electron chi connectivity index (χ1n) is 19.8. The normalized spacial score (nSPS) is 12.1. The van der Waals surface area contributed by atoms with E-state index in [0.29, 0.717) is 19.4 Å². The molecule has 0 aromatic rings. The average molecular weight is 640 g/mol. The van der Waals surface area contributed by atoms with Crippen LogP contribution in [-0.4, -0.2) is 60.9 Å². The smallest absolute Gasteiger partial charge is 0.306 e. The van der Waals surface area contributed by atoms with Crippen molar-refractivity contribution in [3.63, 3.8) is 0 Å². The molecule has 45 heavy (non-hydrogen) atoms. The third kappa shape index (κ3) is 32.6. The van der Waals surface area contributed by atoms with Crippen LogP contribution in [0.3, 0.4) is 0 Å². The van der Waals surface area contributed by atoms with Crippen molar-refractivity contribution in [2.75, 3.05) is 32.8 Å². The van der Waals surface area contributed by atoms with Gasteiger partial charge in [-0.05, 0) is 77.3 Å². The zero-order chi connectivity index (χ0) is 33.1. The number of aliphatic hydroxyl groups excluding tert-OH is 1. The molecule has 0 aliphatic carbocycles. The van der Waals surface area contributed by atoms with Crippen LogP contribution in [0.5, 0.6) is 0 Å². The number of unbranched alkanes of at least 4 members (excludes halogenated alkanes) is 18. The van der Waals surface area contributed by atoms with Crippen molar-refractivity contribution < 1.29 is 24.2 Å². The molecule has 6 heteroatoms. The summed E-state index contributed by atoms with van der Waals surface area (Å²) in [6, 6.07) is 0. The Bertz CT molecular complexity index is 629. The van der Waals surface area contributed by atoms with Crippen LogP contribution in [0.1, 0.15) is 201 Å². The molecule has 6 nitrogen and oxygen atoms in total. The summed E-state index contributed by atoms with van der Waals surface area (Å²) in [5, 5.41) is 9.32. The lowest BCUT2D eigenvalue weighted by Crippen LogP contribution is -2.28. The molecule has 1 unspecified atom stereocenters. The number of carbonyl (C=O) groups excluding carboxylic acids is 2. The monoisotopic (exact) mass is 640 g/mol. The van der Waals surface area contributed by atoms with Crippen LogP contribution in [0.25, 0.3) is 0 Å². The fourth-order valence-corrected chi connectivity index (χ4v) is 5.97. The predicted molar refractivity (Wildman–Crippen MR) is 191 cm³/mol. The van der Waals surface area contributed by atoms with Gasteiger partial charge in [0.2, 0.25) is 0 Å². The largest absolute Gasteiger partial charge is 0.466 e. The molecule has 0 spiro atoms. The topological polar surface area (TPSA) is 76.1 Å². The van der Waals surface area contributed by atoms with Gasteiger partial charge < -0.3 is 19.5 Å². The molecule has 0 radical (unpaired) electrons. The zero-order valence-corrected chi connectivity index (χ0v) is 30.4. The maximum Gasteiger partial charge on any atom is 0.306 e. The van der Waals surface area contributed by atoms with Gasteiger partial charge in [0.15, 0.2) is 0 Å². The van der Waals surface area contributed by atoms with Crippen molar-refractivity contribution >= 4 is 11.9 Å². The van der Waals surface area contributed by atoms with Gasteiger partial charge in [-0.1, -0.05) is 124 Å². The van der Waals surface area contributed by atoms with Gasteiger partial charge >= 0.3 is 11.9 Å². The summed E-state index contributed by atoms with van der Waals surface area (Å²) in [4.78, 5) is 27.0. The Morgan fingerprint density at radius 3 is 1.53 bits per heavy atom. The second-order valence-electron chi connectivity index (χ2n) is 13.4. The van der Waals surface area contributed by atoms with Crippen LogP contribution in [-0.2, 0) is 19.1 Å². The standard InChI is InChI=1S/C39H77NO5/c1-4-7-10-12-13-14-18-26-36-44-38(42)30-23-19-25-33-40(34-27-35-41)32-24-17-15-16-22-31-39(43)45-37(28-20-9-6-3)29-21-11-8-5-2/h37,41H,4-36H2,1-3H3. The summed E-state index contributed by atoms with van der Waals surface area (Å²) < 4.78 is 11.3. The van der Waals surface area contributed by atoms with E-state index in [1.807, 2.05) is 0 Å². The molecule has 0 saturated carbocycles. The second-order valence-corrected chi connectivity index (χ2v) is 13.4. The fourth-order valence-electron chi connectivity index (χ4n) is 5.97. The first kappa shape index (κ1) is 43.9. The molecule has 0 aliphatic heterocycles. The van der Waals surface area contributed by atoms with Gasteiger partial charge in [-0.15, -0.1) is 0 Å². The summed E-state index contributed by atoms with van der Waals surface area (Å²) in [5.74, 6) is -0.0449. The Labute approximate surface area is 280 Å². The number of carbonyl (C=O) groups is 2. The van der Waals surface area contributed by atoms with Gasteiger partial charge in [-0.3, -0.25) is 9.59 Å². The Balaban J connectivity index is 3.92. The van der Waals surface area contributed by atoms with Crippen LogP contribution < -0.4 is 0 Å². The molecule has 0 aromatic carbocycles. The molecular weight excluding hydrogens is 562 g/mol. The van der Waals surface area contributed by atoms with E-state index in [0.717, 1.165) is 103 Å². The van der Waals surface area contributed by atoms with Crippen molar-refractivity contribution in [3.8, 4) is 0 Å². The quantitative estimate of drug-likeness (QED) is 0.0543. The molecule has 268 valence electrons. The van der Waals surface area contributed by atoms with Crippen molar-refractivity contribution in [3.05, 3.63) is 0 Å². The van der Waals surface area contributed by atoms with Crippen molar-refractivity contribution in [2.45, 2.75) is 207 Å². The summed E-state index contributed by atoms with van der Waals surface area (Å²) in [5.41, 5.74) is 0. The van der Waals surface area contributed by atoms with Gasteiger partial charge in [0.05, 0.1) is 6.61 Å². The van der Waals surface area contributed by atoms with E-state index in [-0.39, 0.29) is 24.6 Å². The number of esters is 2. The van der Waals surface area contributed by atoms with Gasteiger partial charge in [-0.25, -0.2) is 0 Å². The van der Waals surface area contributed by atoms with Crippen molar-refractivity contribution in [2.24, 2.45) is 0 Å². The minimum atomic E-state index is -0.0439. The zero-order valence-electron chi connectivity index (χ0n) is 30.4. The molecule has 0 heterocycles. The van der Waals surface area contributed by atoms with E-state index in [2.05, 4.69) is 25.7 Å². The third-order valence-electron chi connectivity index (χ3n) is 8.91. The molecule has 1 atom stereocenters. The van der Waals surface area contributed by atoms with E-state index in [1.54, 1.807) is 0 Å². The molecule has 0 saturated heterocycles. The number of hydrogen-bond acceptors (Lipinski definition) is 6. The second kappa shape index (κ2) is 35.7. The number of hydrogen-bond donors (Lipinski definition) is 1. The Morgan fingerprint density at radius 1 is 0.511 bits per heavy atom. The average Bonchev–Trinajstić information content (AvgIpc) is 3.03. The third-order valence-corrected chi connectivity index (χ3v) is 8.91. The maximum absolute atomic E-state index is 12.5. The number of ether oxygens (including phenoxy) is 2. The lowest BCUT2D eigenvalue weighted by Gasteiger charge is -2.22. The van der Waals surface area contributed by atoms with E-state index in [1.165, 1.54) is 83.5 Å². The molecule has 1 N–H and O–H groups in total. The number of nitrogens with zero attached hydrogens (tertiary/aromatic N) is 1. The number of aliphatic hydroxyl groups is 1. The summed E-state index contributed by atoms with van der Waals surface area (Å²) in [7, 11) is 0. The van der Waals surface area contributed by atoms with E-state index < -0.39 is 0 Å².